The lowest BCUT2D eigenvalue weighted by atomic mass is 10.2. The van der Waals surface area contributed by atoms with Gasteiger partial charge in [-0.3, -0.25) is 0 Å². The predicted octanol–water partition coefficient (Wildman–Crippen LogP) is 3.48. The van der Waals surface area contributed by atoms with E-state index in [1.165, 1.54) is 6.07 Å². The van der Waals surface area contributed by atoms with E-state index in [0.717, 1.165) is 11.3 Å². The number of aryl methyl sites for hydroxylation is 1. The molecule has 0 radical (unpaired) electrons. The van der Waals surface area contributed by atoms with Crippen molar-refractivity contribution in [3.8, 4) is 5.75 Å². The number of nitrogens with one attached hydrogen (secondary N) is 1. The van der Waals surface area contributed by atoms with Crippen LogP contribution in [0.25, 0.3) is 0 Å². The number of ether oxygens (including phenoxy) is 1. The number of alkyl halides is 2. The van der Waals surface area contributed by atoms with Crippen molar-refractivity contribution in [1.82, 2.24) is 5.32 Å². The standard InChI is InChI=1S/C14H15F2NO2/c1-10-6-7-18-13(10)9-17-8-11-4-2-3-5-12(11)19-14(15)16/h2-7,14,17H,8-9H2,1H3. The van der Waals surface area contributed by atoms with E-state index in [0.29, 0.717) is 18.7 Å². The van der Waals surface area contributed by atoms with Gasteiger partial charge in [0, 0.05) is 12.1 Å². The molecule has 3 nitrogen and oxygen atoms in total. The summed E-state index contributed by atoms with van der Waals surface area (Å²) in [5.74, 6) is 1.04. The molecule has 1 aromatic heterocycles. The second kappa shape index (κ2) is 6.33. The Hall–Kier alpha value is -1.88. The maximum Gasteiger partial charge on any atom is 0.387 e. The first-order valence-electron chi connectivity index (χ1n) is 5.93. The fourth-order valence-electron chi connectivity index (χ4n) is 1.76. The maximum absolute atomic E-state index is 12.2. The SMILES string of the molecule is Cc1ccoc1CNCc1ccccc1OC(F)F. The molecular weight excluding hydrogens is 252 g/mol. The molecule has 0 saturated heterocycles. The van der Waals surface area contributed by atoms with E-state index in [2.05, 4.69) is 10.1 Å². The van der Waals surface area contributed by atoms with Crippen molar-refractivity contribution >= 4 is 0 Å². The molecule has 0 saturated carbocycles. The summed E-state index contributed by atoms with van der Waals surface area (Å²) in [4.78, 5) is 0. The molecule has 0 aliphatic carbocycles. The molecule has 0 amide bonds. The third-order valence-electron chi connectivity index (χ3n) is 2.76. The number of halogens is 2. The zero-order valence-electron chi connectivity index (χ0n) is 10.5. The molecule has 2 aromatic rings. The Morgan fingerprint density at radius 2 is 2.00 bits per heavy atom. The third-order valence-corrected chi connectivity index (χ3v) is 2.76. The maximum atomic E-state index is 12.2. The van der Waals surface area contributed by atoms with Gasteiger partial charge in [-0.2, -0.15) is 8.78 Å². The van der Waals surface area contributed by atoms with Crippen LogP contribution in [0.15, 0.2) is 41.0 Å². The molecule has 5 heteroatoms. The summed E-state index contributed by atoms with van der Waals surface area (Å²) < 4.78 is 34.2. The van der Waals surface area contributed by atoms with Gasteiger partial charge in [0.05, 0.1) is 12.8 Å². The van der Waals surface area contributed by atoms with Gasteiger partial charge in [-0.25, -0.2) is 0 Å². The van der Waals surface area contributed by atoms with Gasteiger partial charge in [-0.05, 0) is 24.6 Å². The van der Waals surface area contributed by atoms with E-state index >= 15 is 0 Å². The minimum absolute atomic E-state index is 0.196. The molecule has 0 atom stereocenters. The van der Waals surface area contributed by atoms with Crippen molar-refractivity contribution in [2.24, 2.45) is 0 Å². The molecular formula is C14H15F2NO2. The van der Waals surface area contributed by atoms with Crippen LogP contribution in [0.1, 0.15) is 16.9 Å². The molecule has 0 fully saturated rings. The molecule has 0 bridgehead atoms. The van der Waals surface area contributed by atoms with E-state index < -0.39 is 6.61 Å². The average Bonchev–Trinajstić information content (AvgIpc) is 2.77. The number of furan rings is 1. The fraction of sp³-hybridized carbons (Fsp3) is 0.286. The van der Waals surface area contributed by atoms with Crippen LogP contribution in [-0.4, -0.2) is 6.61 Å². The third kappa shape index (κ3) is 3.79. The molecule has 0 aliphatic rings. The van der Waals surface area contributed by atoms with Crippen LogP contribution < -0.4 is 10.1 Å². The zero-order chi connectivity index (χ0) is 13.7. The number of benzene rings is 1. The van der Waals surface area contributed by atoms with Crippen LogP contribution in [0.2, 0.25) is 0 Å². The second-order valence-corrected chi connectivity index (χ2v) is 4.12. The molecule has 19 heavy (non-hydrogen) atoms. The first-order chi connectivity index (χ1) is 9.16. The van der Waals surface area contributed by atoms with Gasteiger partial charge in [0.25, 0.3) is 0 Å². The molecule has 1 aromatic carbocycles. The lowest BCUT2D eigenvalue weighted by Crippen LogP contribution is -2.14. The second-order valence-electron chi connectivity index (χ2n) is 4.12. The smallest absolute Gasteiger partial charge is 0.387 e. The van der Waals surface area contributed by atoms with Gasteiger partial charge < -0.3 is 14.5 Å². The van der Waals surface area contributed by atoms with Gasteiger partial charge in [0.1, 0.15) is 11.5 Å². The molecule has 0 aliphatic heterocycles. The highest BCUT2D eigenvalue weighted by atomic mass is 19.3. The lowest BCUT2D eigenvalue weighted by Gasteiger charge is -2.11. The molecule has 0 spiro atoms. The highest BCUT2D eigenvalue weighted by Crippen LogP contribution is 2.20. The van der Waals surface area contributed by atoms with E-state index in [1.54, 1.807) is 24.5 Å². The van der Waals surface area contributed by atoms with Crippen LogP contribution in [0, 0.1) is 6.92 Å². The van der Waals surface area contributed by atoms with Crippen LogP contribution in [0.3, 0.4) is 0 Å². The molecule has 1 N–H and O–H groups in total. The van der Waals surface area contributed by atoms with Gasteiger partial charge in [-0.1, -0.05) is 18.2 Å². The fourth-order valence-corrected chi connectivity index (χ4v) is 1.76. The minimum atomic E-state index is -2.81. The zero-order valence-corrected chi connectivity index (χ0v) is 10.5. The Kier molecular flexibility index (Phi) is 4.52. The average molecular weight is 267 g/mol. The van der Waals surface area contributed by atoms with Crippen LogP contribution in [0.5, 0.6) is 5.75 Å². The molecule has 102 valence electrons. The van der Waals surface area contributed by atoms with Crippen LogP contribution in [-0.2, 0) is 13.1 Å². The summed E-state index contributed by atoms with van der Waals surface area (Å²) in [6.07, 6.45) is 1.63. The van der Waals surface area contributed by atoms with Crippen molar-refractivity contribution in [3.05, 3.63) is 53.5 Å². The number of hydrogen-bond acceptors (Lipinski definition) is 3. The Labute approximate surface area is 110 Å². The normalized spacial score (nSPS) is 10.9. The Bertz CT molecular complexity index is 526. The highest BCUT2D eigenvalue weighted by molar-refractivity contribution is 5.33. The summed E-state index contributed by atoms with van der Waals surface area (Å²) in [5.41, 5.74) is 1.75. The van der Waals surface area contributed by atoms with Gasteiger partial charge >= 0.3 is 6.61 Å². The monoisotopic (exact) mass is 267 g/mol. The Morgan fingerprint density at radius 3 is 2.68 bits per heavy atom. The first kappa shape index (κ1) is 13.5. The largest absolute Gasteiger partial charge is 0.468 e. The summed E-state index contributed by atoms with van der Waals surface area (Å²) in [6, 6.07) is 8.61. The molecule has 1 heterocycles. The number of rotatable bonds is 6. The summed E-state index contributed by atoms with van der Waals surface area (Å²) in [6.45, 7) is 0.118. The van der Waals surface area contributed by atoms with Crippen molar-refractivity contribution < 1.29 is 17.9 Å². The summed E-state index contributed by atoms with van der Waals surface area (Å²) >= 11 is 0. The van der Waals surface area contributed by atoms with E-state index in [1.807, 2.05) is 13.0 Å². The van der Waals surface area contributed by atoms with Crippen molar-refractivity contribution in [2.45, 2.75) is 26.6 Å². The van der Waals surface area contributed by atoms with Gasteiger partial charge in [-0.15, -0.1) is 0 Å². The van der Waals surface area contributed by atoms with Crippen LogP contribution >= 0.6 is 0 Å². The minimum Gasteiger partial charge on any atom is -0.468 e. The van der Waals surface area contributed by atoms with E-state index in [4.69, 9.17) is 4.42 Å². The van der Waals surface area contributed by atoms with Crippen molar-refractivity contribution in [3.63, 3.8) is 0 Å². The quantitative estimate of drug-likeness (QED) is 0.870. The van der Waals surface area contributed by atoms with Crippen molar-refractivity contribution in [1.29, 1.82) is 0 Å². The van der Waals surface area contributed by atoms with Crippen LogP contribution in [0.4, 0.5) is 8.78 Å². The predicted molar refractivity (Wildman–Crippen MR) is 67.1 cm³/mol. The van der Waals surface area contributed by atoms with Crippen molar-refractivity contribution in [2.75, 3.05) is 0 Å². The lowest BCUT2D eigenvalue weighted by molar-refractivity contribution is -0.0505. The number of para-hydroxylation sites is 1. The highest BCUT2D eigenvalue weighted by Gasteiger charge is 2.09. The van der Waals surface area contributed by atoms with Gasteiger partial charge in [0.2, 0.25) is 0 Å². The summed E-state index contributed by atoms with van der Waals surface area (Å²) in [5, 5.41) is 3.14. The summed E-state index contributed by atoms with van der Waals surface area (Å²) in [7, 11) is 0. The first-order valence-corrected chi connectivity index (χ1v) is 5.93. The topological polar surface area (TPSA) is 34.4 Å². The Balaban J connectivity index is 1.94. The van der Waals surface area contributed by atoms with Gasteiger partial charge in [0.15, 0.2) is 0 Å². The van der Waals surface area contributed by atoms with E-state index in [9.17, 15) is 8.78 Å². The molecule has 2 rings (SSSR count). The molecule has 0 unspecified atom stereocenters. The Morgan fingerprint density at radius 1 is 1.21 bits per heavy atom. The number of hydrogen-bond donors (Lipinski definition) is 1. The van der Waals surface area contributed by atoms with E-state index in [-0.39, 0.29) is 5.75 Å².